The predicted octanol–water partition coefficient (Wildman–Crippen LogP) is 0.778. The Kier molecular flexibility index (Phi) is 14.4. The molecule has 0 atom stereocenters. The summed E-state index contributed by atoms with van der Waals surface area (Å²) in [6.45, 7) is 1.08. The van der Waals surface area contributed by atoms with Gasteiger partial charge in [-0.1, -0.05) is 0 Å². The van der Waals surface area contributed by atoms with Crippen molar-refractivity contribution in [2.24, 2.45) is 0 Å². The van der Waals surface area contributed by atoms with Crippen molar-refractivity contribution in [3.63, 3.8) is 0 Å². The van der Waals surface area contributed by atoms with Crippen LogP contribution >= 0.6 is 9.85 Å². The van der Waals surface area contributed by atoms with Gasteiger partial charge in [0.25, 0.3) is 5.97 Å². The van der Waals surface area contributed by atoms with E-state index in [9.17, 15) is 0 Å². The second kappa shape index (κ2) is 9.02. The SMILES string of the molecule is CC(=O)O.[Cl][V]. The van der Waals surface area contributed by atoms with E-state index in [0.717, 1.165) is 6.92 Å². The second-order valence-corrected chi connectivity index (χ2v) is 0.519. The van der Waals surface area contributed by atoms with Crippen molar-refractivity contribution < 1.29 is 26.4 Å². The summed E-state index contributed by atoms with van der Waals surface area (Å²) < 4.78 is 0. The van der Waals surface area contributed by atoms with Crippen LogP contribution in [0.15, 0.2) is 0 Å². The third-order valence-corrected chi connectivity index (χ3v) is 0. The number of carboxylic acids is 1. The van der Waals surface area contributed by atoms with Crippen LogP contribution in [0.5, 0.6) is 0 Å². The van der Waals surface area contributed by atoms with Crippen molar-refractivity contribution >= 4 is 15.8 Å². The van der Waals surface area contributed by atoms with E-state index in [1.54, 1.807) is 16.5 Å². The van der Waals surface area contributed by atoms with E-state index in [-0.39, 0.29) is 0 Å². The molecular weight excluding hydrogens is 142 g/mol. The molecule has 0 aliphatic carbocycles. The van der Waals surface area contributed by atoms with Gasteiger partial charge in [-0.25, -0.2) is 0 Å². The summed E-state index contributed by atoms with van der Waals surface area (Å²) in [4.78, 5) is 9.00. The minimum atomic E-state index is -0.833. The third-order valence-electron chi connectivity index (χ3n) is 0. The van der Waals surface area contributed by atoms with E-state index in [0.29, 0.717) is 0 Å². The fourth-order valence-corrected chi connectivity index (χ4v) is 0. The number of hydrogen-bond acceptors (Lipinski definition) is 1. The van der Waals surface area contributed by atoms with E-state index in [1.807, 2.05) is 0 Å². The summed E-state index contributed by atoms with van der Waals surface area (Å²) in [5, 5.41) is 7.42. The van der Waals surface area contributed by atoms with Crippen molar-refractivity contribution in [2.45, 2.75) is 6.92 Å². The number of aliphatic carboxylic acids is 1. The van der Waals surface area contributed by atoms with Gasteiger partial charge in [-0.3, -0.25) is 4.79 Å². The molecule has 2 nitrogen and oxygen atoms in total. The van der Waals surface area contributed by atoms with Crippen molar-refractivity contribution in [2.75, 3.05) is 0 Å². The first-order valence-corrected chi connectivity index (χ1v) is 3.02. The molecule has 0 radical (unpaired) electrons. The van der Waals surface area contributed by atoms with Crippen LogP contribution in [0, 0.1) is 0 Å². The van der Waals surface area contributed by atoms with Gasteiger partial charge in [0, 0.05) is 6.92 Å². The molecule has 6 heavy (non-hydrogen) atoms. The Labute approximate surface area is 49.6 Å². The molecule has 0 saturated heterocycles. The fraction of sp³-hybridized carbons (Fsp3) is 0.500. The molecule has 0 aromatic carbocycles. The number of rotatable bonds is 0. The number of halogens is 1. The maximum atomic E-state index is 9.00. The van der Waals surface area contributed by atoms with E-state index in [1.165, 1.54) is 0 Å². The van der Waals surface area contributed by atoms with Crippen LogP contribution in [0.4, 0.5) is 0 Å². The maximum absolute atomic E-state index is 9.00. The van der Waals surface area contributed by atoms with Crippen LogP contribution in [0.1, 0.15) is 6.92 Å². The van der Waals surface area contributed by atoms with Crippen LogP contribution < -0.4 is 0 Å². The van der Waals surface area contributed by atoms with Gasteiger partial charge in [-0.2, -0.15) is 0 Å². The Hall–Kier alpha value is 0.344. The van der Waals surface area contributed by atoms with E-state index >= 15 is 0 Å². The molecule has 0 unspecified atom stereocenters. The average molecular weight is 146 g/mol. The molecule has 1 N–H and O–H groups in total. The summed E-state index contributed by atoms with van der Waals surface area (Å²) >= 11 is 1.78. The molecule has 36 valence electrons. The fourth-order valence-electron chi connectivity index (χ4n) is 0. The Morgan fingerprint density at radius 1 is 1.83 bits per heavy atom. The first kappa shape index (κ1) is 9.60. The topological polar surface area (TPSA) is 37.3 Å². The molecule has 0 aromatic heterocycles. The summed E-state index contributed by atoms with van der Waals surface area (Å²) in [5.74, 6) is -0.833. The summed E-state index contributed by atoms with van der Waals surface area (Å²) in [7, 11) is 4.58. The zero-order valence-corrected chi connectivity index (χ0v) is 5.33. The number of carbonyl (C=O) groups is 1. The normalized spacial score (nSPS) is 5.00. The summed E-state index contributed by atoms with van der Waals surface area (Å²) in [6, 6.07) is 0. The van der Waals surface area contributed by atoms with Crippen LogP contribution in [0.2, 0.25) is 0 Å². The Morgan fingerprint density at radius 2 is 1.83 bits per heavy atom. The van der Waals surface area contributed by atoms with Gasteiger partial charge in [-0.15, -0.1) is 0 Å². The average Bonchev–Trinajstić information content (AvgIpc) is 1.41. The molecule has 0 saturated carbocycles. The van der Waals surface area contributed by atoms with Crippen molar-refractivity contribution in [1.29, 1.82) is 0 Å². The van der Waals surface area contributed by atoms with Crippen molar-refractivity contribution in [3.8, 4) is 0 Å². The zero-order valence-electron chi connectivity index (χ0n) is 3.18. The molecule has 0 aliphatic rings. The summed E-state index contributed by atoms with van der Waals surface area (Å²) in [5.41, 5.74) is 0. The molecule has 0 aliphatic heterocycles. The minimum absolute atomic E-state index is 0.833. The van der Waals surface area contributed by atoms with Crippen molar-refractivity contribution in [1.82, 2.24) is 0 Å². The van der Waals surface area contributed by atoms with Crippen molar-refractivity contribution in [3.05, 3.63) is 0 Å². The first-order valence-electron chi connectivity index (χ1n) is 1.10. The predicted molar refractivity (Wildman–Crippen MR) is 19.2 cm³/mol. The van der Waals surface area contributed by atoms with Crippen LogP contribution in [-0.4, -0.2) is 11.1 Å². The quantitative estimate of drug-likeness (QED) is 0.548. The van der Waals surface area contributed by atoms with Gasteiger partial charge in [0.1, 0.15) is 0 Å². The van der Waals surface area contributed by atoms with Gasteiger partial charge >= 0.3 is 26.3 Å². The van der Waals surface area contributed by atoms with E-state index in [2.05, 4.69) is 9.85 Å². The van der Waals surface area contributed by atoms with Crippen LogP contribution in [0.25, 0.3) is 0 Å². The monoisotopic (exact) mass is 146 g/mol. The Bertz CT molecular complexity index is 34.5. The Morgan fingerprint density at radius 3 is 1.83 bits per heavy atom. The molecule has 0 rings (SSSR count). The first-order chi connectivity index (χ1) is 2.73. The van der Waals surface area contributed by atoms with Gasteiger partial charge in [-0.05, 0) is 0 Å². The Balaban J connectivity index is 0. The van der Waals surface area contributed by atoms with Crippen LogP contribution in [0.3, 0.4) is 0 Å². The molecular formula is C2H4ClO2V. The van der Waals surface area contributed by atoms with E-state index < -0.39 is 5.97 Å². The number of carboxylic acid groups (broad SMARTS) is 1. The molecule has 0 heterocycles. The zero-order chi connectivity index (χ0) is 5.58. The van der Waals surface area contributed by atoms with Crippen LogP contribution in [-0.2, 0) is 21.3 Å². The molecule has 0 fully saturated rings. The second-order valence-electron chi connectivity index (χ2n) is 0.519. The van der Waals surface area contributed by atoms with Gasteiger partial charge in [0.05, 0.1) is 0 Å². The third kappa shape index (κ3) is 410. The van der Waals surface area contributed by atoms with E-state index in [4.69, 9.17) is 9.90 Å². The summed E-state index contributed by atoms with van der Waals surface area (Å²) in [6.07, 6.45) is 0. The number of hydrogen-bond donors (Lipinski definition) is 1. The molecule has 4 heteroatoms. The van der Waals surface area contributed by atoms with Gasteiger partial charge < -0.3 is 5.11 Å². The molecule has 0 bridgehead atoms. The molecule has 0 spiro atoms. The molecule has 0 amide bonds. The van der Waals surface area contributed by atoms with Gasteiger partial charge in [0.15, 0.2) is 0 Å². The molecule has 0 aromatic rings. The standard InChI is InChI=1S/C2H4O2.ClH.V/c1-2(3)4;;/h1H3,(H,3,4);1H;/q;;+1/p-1. The van der Waals surface area contributed by atoms with Gasteiger partial charge in [0.2, 0.25) is 0 Å².